The third kappa shape index (κ3) is 3.24. The molecule has 7 heteroatoms. The van der Waals surface area contributed by atoms with Crippen molar-refractivity contribution in [2.24, 2.45) is 0 Å². The van der Waals surface area contributed by atoms with Crippen molar-refractivity contribution in [1.29, 1.82) is 0 Å². The summed E-state index contributed by atoms with van der Waals surface area (Å²) in [5, 5.41) is 10.6. The van der Waals surface area contributed by atoms with E-state index in [1.165, 1.54) is 24.3 Å². The van der Waals surface area contributed by atoms with Gasteiger partial charge in [0.1, 0.15) is 17.3 Å². The number of nitrogens with zero attached hydrogens (tertiary/aromatic N) is 1. The summed E-state index contributed by atoms with van der Waals surface area (Å²) < 4.78 is 26.2. The Labute approximate surface area is 117 Å². The summed E-state index contributed by atoms with van der Waals surface area (Å²) in [6.45, 7) is 0. The molecule has 0 saturated heterocycles. The van der Waals surface area contributed by atoms with Gasteiger partial charge in [-0.2, -0.15) is 0 Å². The first-order valence-electron chi connectivity index (χ1n) is 5.58. The highest BCUT2D eigenvalue weighted by Crippen LogP contribution is 2.29. The minimum Gasteiger partial charge on any atom is -0.393 e. The maximum Gasteiger partial charge on any atom is 0.292 e. The Kier molecular flexibility index (Phi) is 4.19. The summed E-state index contributed by atoms with van der Waals surface area (Å²) in [6, 6.07) is 7.69. The molecule has 20 heavy (non-hydrogen) atoms. The fourth-order valence-electron chi connectivity index (χ4n) is 1.61. The molecule has 0 aliphatic carbocycles. The van der Waals surface area contributed by atoms with Crippen molar-refractivity contribution in [3.63, 3.8) is 0 Å². The van der Waals surface area contributed by atoms with Crippen molar-refractivity contribution in [2.75, 3.05) is 5.73 Å². The number of nitrogen functional groups attached to an aromatic ring is 1. The van der Waals surface area contributed by atoms with Crippen molar-refractivity contribution in [3.05, 3.63) is 63.7 Å². The third-order valence-electron chi connectivity index (χ3n) is 2.58. The normalized spacial score (nSPS) is 10.5. The lowest BCUT2D eigenvalue weighted by Gasteiger charge is -2.05. The zero-order valence-electron chi connectivity index (χ0n) is 10.2. The van der Waals surface area contributed by atoms with Gasteiger partial charge < -0.3 is 5.73 Å². The van der Waals surface area contributed by atoms with Crippen molar-refractivity contribution < 1.29 is 13.7 Å². The predicted molar refractivity (Wildman–Crippen MR) is 73.4 cm³/mol. The maximum atomic E-state index is 13.4. The Bertz CT molecular complexity index is 665. The van der Waals surface area contributed by atoms with Gasteiger partial charge >= 0.3 is 0 Å². The quantitative estimate of drug-likeness (QED) is 0.404. The summed E-state index contributed by atoms with van der Waals surface area (Å²) >= 11 is 1.16. The zero-order chi connectivity index (χ0) is 14.7. The molecule has 0 atom stereocenters. The minimum atomic E-state index is -0.634. The highest BCUT2D eigenvalue weighted by atomic mass is 32.2. The Morgan fingerprint density at radius 1 is 1.20 bits per heavy atom. The van der Waals surface area contributed by atoms with Gasteiger partial charge in [0, 0.05) is 22.8 Å². The first-order chi connectivity index (χ1) is 9.47. The van der Waals surface area contributed by atoms with E-state index in [4.69, 9.17) is 5.73 Å². The van der Waals surface area contributed by atoms with Crippen LogP contribution in [0.5, 0.6) is 0 Å². The molecule has 0 saturated carbocycles. The van der Waals surface area contributed by atoms with E-state index in [0.29, 0.717) is 10.6 Å². The van der Waals surface area contributed by atoms with Gasteiger partial charge in [-0.25, -0.2) is 8.78 Å². The highest BCUT2D eigenvalue weighted by Gasteiger charge is 2.11. The second-order valence-electron chi connectivity index (χ2n) is 4.01. The van der Waals surface area contributed by atoms with Crippen LogP contribution in [0.3, 0.4) is 0 Å². The maximum absolute atomic E-state index is 13.4. The average Bonchev–Trinajstić information content (AvgIpc) is 2.37. The van der Waals surface area contributed by atoms with Crippen molar-refractivity contribution in [1.82, 2.24) is 0 Å². The standard InChI is InChI=1S/C13H10F2N2O2S/c14-9-2-4-13(10(15)6-9)20-7-8-1-3-12(17(18)19)11(16)5-8/h1-6H,7,16H2. The number of nitrogens with two attached hydrogens (primary N) is 1. The van der Waals surface area contributed by atoms with E-state index in [2.05, 4.69) is 0 Å². The van der Waals surface area contributed by atoms with E-state index >= 15 is 0 Å². The van der Waals surface area contributed by atoms with Crippen LogP contribution in [0.1, 0.15) is 5.56 Å². The molecule has 0 fully saturated rings. The molecule has 2 N–H and O–H groups in total. The number of nitro benzene ring substituents is 1. The summed E-state index contributed by atoms with van der Waals surface area (Å²) in [4.78, 5) is 10.4. The Morgan fingerprint density at radius 3 is 2.55 bits per heavy atom. The number of rotatable bonds is 4. The number of nitro groups is 1. The number of hydrogen-bond donors (Lipinski definition) is 1. The lowest BCUT2D eigenvalue weighted by atomic mass is 10.2. The van der Waals surface area contributed by atoms with Crippen LogP contribution in [-0.2, 0) is 5.75 Å². The smallest absolute Gasteiger partial charge is 0.292 e. The molecule has 0 aliphatic heterocycles. The van der Waals surface area contributed by atoms with Gasteiger partial charge in [0.25, 0.3) is 5.69 Å². The van der Waals surface area contributed by atoms with Gasteiger partial charge in [0.2, 0.25) is 0 Å². The number of halogens is 2. The molecule has 2 aromatic carbocycles. The van der Waals surface area contributed by atoms with E-state index in [1.807, 2.05) is 0 Å². The fourth-order valence-corrected chi connectivity index (χ4v) is 2.48. The molecule has 4 nitrogen and oxygen atoms in total. The van der Waals surface area contributed by atoms with Crippen LogP contribution in [0.2, 0.25) is 0 Å². The summed E-state index contributed by atoms with van der Waals surface area (Å²) in [5.74, 6) is -0.888. The number of anilines is 1. The van der Waals surface area contributed by atoms with Gasteiger partial charge in [-0.1, -0.05) is 6.07 Å². The van der Waals surface area contributed by atoms with Crippen molar-refractivity contribution in [3.8, 4) is 0 Å². The summed E-state index contributed by atoms with van der Waals surface area (Å²) in [7, 11) is 0. The summed E-state index contributed by atoms with van der Waals surface area (Å²) in [6.07, 6.45) is 0. The van der Waals surface area contributed by atoms with Crippen LogP contribution in [0.4, 0.5) is 20.2 Å². The Balaban J connectivity index is 2.11. The lowest BCUT2D eigenvalue weighted by molar-refractivity contribution is -0.383. The largest absolute Gasteiger partial charge is 0.393 e. The number of benzene rings is 2. The van der Waals surface area contributed by atoms with Crippen LogP contribution in [0.15, 0.2) is 41.3 Å². The van der Waals surface area contributed by atoms with Gasteiger partial charge in [0.05, 0.1) is 4.92 Å². The highest BCUT2D eigenvalue weighted by molar-refractivity contribution is 7.98. The molecule has 0 aliphatic rings. The second-order valence-corrected chi connectivity index (χ2v) is 5.03. The van der Waals surface area contributed by atoms with Crippen molar-refractivity contribution in [2.45, 2.75) is 10.6 Å². The fraction of sp³-hybridized carbons (Fsp3) is 0.0769. The molecule has 0 aromatic heterocycles. The molecule has 0 bridgehead atoms. The Morgan fingerprint density at radius 2 is 1.95 bits per heavy atom. The SMILES string of the molecule is Nc1cc(CSc2ccc(F)cc2F)ccc1[N+](=O)[O-]. The van der Waals surface area contributed by atoms with E-state index in [0.717, 1.165) is 23.4 Å². The van der Waals surface area contributed by atoms with E-state index < -0.39 is 16.6 Å². The predicted octanol–water partition coefficient (Wildman–Crippen LogP) is 3.75. The van der Waals surface area contributed by atoms with E-state index in [1.54, 1.807) is 6.07 Å². The number of hydrogen-bond acceptors (Lipinski definition) is 4. The minimum absolute atomic E-state index is 0.0627. The molecule has 0 amide bonds. The Hall–Kier alpha value is -2.15. The average molecular weight is 296 g/mol. The topological polar surface area (TPSA) is 69.2 Å². The third-order valence-corrected chi connectivity index (χ3v) is 3.70. The van der Waals surface area contributed by atoms with Gasteiger partial charge in [-0.15, -0.1) is 11.8 Å². The molecule has 2 rings (SSSR count). The summed E-state index contributed by atoms with van der Waals surface area (Å²) in [5.41, 5.74) is 6.19. The van der Waals surface area contributed by atoms with Gasteiger partial charge in [-0.05, 0) is 23.8 Å². The van der Waals surface area contributed by atoms with Gasteiger partial charge in [-0.3, -0.25) is 10.1 Å². The van der Waals surface area contributed by atoms with Crippen LogP contribution in [0.25, 0.3) is 0 Å². The first kappa shape index (κ1) is 14.3. The monoisotopic (exact) mass is 296 g/mol. The van der Waals surface area contributed by atoms with Crippen molar-refractivity contribution >= 4 is 23.1 Å². The van der Waals surface area contributed by atoms with Crippen LogP contribution in [-0.4, -0.2) is 4.92 Å². The number of thioether (sulfide) groups is 1. The lowest BCUT2D eigenvalue weighted by Crippen LogP contribution is -1.96. The van der Waals surface area contributed by atoms with Crippen LogP contribution >= 0.6 is 11.8 Å². The molecular formula is C13H10F2N2O2S. The molecule has 0 radical (unpaired) electrons. The van der Waals surface area contributed by atoms with E-state index in [-0.39, 0.29) is 11.4 Å². The van der Waals surface area contributed by atoms with Crippen LogP contribution < -0.4 is 5.73 Å². The molecule has 0 heterocycles. The molecular weight excluding hydrogens is 286 g/mol. The molecule has 2 aromatic rings. The molecule has 0 unspecified atom stereocenters. The van der Waals surface area contributed by atoms with E-state index in [9.17, 15) is 18.9 Å². The second kappa shape index (κ2) is 5.87. The zero-order valence-corrected chi connectivity index (χ0v) is 11.0. The van der Waals surface area contributed by atoms with Gasteiger partial charge in [0.15, 0.2) is 0 Å². The first-order valence-corrected chi connectivity index (χ1v) is 6.56. The molecule has 104 valence electrons. The van der Waals surface area contributed by atoms with Crippen LogP contribution in [0, 0.1) is 21.7 Å². The molecule has 0 spiro atoms.